The first-order valence-electron chi connectivity index (χ1n) is 15.9. The minimum Gasteiger partial charge on any atom is -0.391 e. The van der Waals surface area contributed by atoms with Crippen molar-refractivity contribution in [3.8, 4) is 0 Å². The predicted octanol–water partition coefficient (Wildman–Crippen LogP) is 3.42. The van der Waals surface area contributed by atoms with Crippen LogP contribution >= 0.6 is 11.6 Å². The fraction of sp³-hybridized carbons (Fsp3) is 0.871. The molecule has 5 aliphatic rings. The highest BCUT2D eigenvalue weighted by Crippen LogP contribution is 2.47. The second-order valence-corrected chi connectivity index (χ2v) is 13.6. The number of rotatable bonds is 7. The van der Waals surface area contributed by atoms with Gasteiger partial charge in [0.25, 0.3) is 0 Å². The van der Waals surface area contributed by atoms with Crippen molar-refractivity contribution >= 4 is 23.3 Å². The zero-order chi connectivity index (χ0) is 29.1. The van der Waals surface area contributed by atoms with Crippen LogP contribution in [0.2, 0.25) is 0 Å². The first-order valence-corrected chi connectivity index (χ1v) is 16.3. The number of piperidine rings is 2. The predicted molar refractivity (Wildman–Crippen MR) is 160 cm³/mol. The number of carbonyl (C=O) groups excluding carboxylic acids is 2. The number of nitrogens with one attached hydrogen (secondary N) is 2. The van der Waals surface area contributed by atoms with Gasteiger partial charge in [-0.25, -0.2) is 5.01 Å². The van der Waals surface area contributed by atoms with Gasteiger partial charge in [-0.3, -0.25) is 15.0 Å². The molecule has 11 unspecified atom stereocenters. The number of fused-ring (bicyclic) bond motifs is 1. The zero-order valence-electron chi connectivity index (χ0n) is 25.1. The maximum atomic E-state index is 13.9. The monoisotopic (exact) mass is 579 g/mol. The third-order valence-electron chi connectivity index (χ3n) is 10.5. The van der Waals surface area contributed by atoms with Crippen LogP contribution in [0.15, 0.2) is 12.7 Å². The number of ketones is 1. The molecule has 9 heteroatoms. The van der Waals surface area contributed by atoms with Crippen LogP contribution in [0.25, 0.3) is 0 Å². The molecule has 5 N–H and O–H groups in total. The Labute approximate surface area is 246 Å². The molecular formula is C31H54ClN5O3. The molecule has 3 saturated heterocycles. The Hall–Kier alpha value is -1.03. The van der Waals surface area contributed by atoms with Gasteiger partial charge in [-0.15, -0.1) is 11.6 Å². The van der Waals surface area contributed by atoms with Crippen LogP contribution in [-0.2, 0) is 9.59 Å². The van der Waals surface area contributed by atoms with Crippen LogP contribution in [0.5, 0.6) is 0 Å². The molecule has 2 aliphatic carbocycles. The van der Waals surface area contributed by atoms with Crippen LogP contribution in [0.4, 0.5) is 0 Å². The van der Waals surface area contributed by atoms with E-state index in [9.17, 15) is 14.7 Å². The van der Waals surface area contributed by atoms with Crippen molar-refractivity contribution in [2.45, 2.75) is 127 Å². The quantitative estimate of drug-likeness (QED) is 0.208. The lowest BCUT2D eigenvalue weighted by molar-refractivity contribution is -0.144. The standard InChI is InChI=1S/C27H48ClN5O2.C4H6O/c1-4-6-19-24-20(5-2)32(27(35)18-14-30-26(28)15(3)25(18)29)12-11-22(24)33(31-19)21-10-9-17(13-23(21)34)16-7-8-16;1-3-4(2)5/h15-26,30-31,34H,4-14,29H2,1-3H3;3H,1H2,2H3. The van der Waals surface area contributed by atoms with Crippen LogP contribution < -0.4 is 16.5 Å². The molecule has 40 heavy (non-hydrogen) atoms. The Bertz CT molecular complexity index is 887. The SMILES string of the molecule is C=CC(C)=O.CCCC1NN(C2CCC(C3CC3)CC2O)C2CCN(C(=O)C3CNC(Cl)C(C)C3N)C(CC)C12. The number of carbonyl (C=O) groups is 2. The number of allylic oxidation sites excluding steroid dienone is 1. The molecular weight excluding hydrogens is 526 g/mol. The highest BCUT2D eigenvalue weighted by molar-refractivity contribution is 6.20. The molecule has 5 rings (SSSR count). The number of aliphatic hydroxyl groups excluding tert-OH is 1. The summed E-state index contributed by atoms with van der Waals surface area (Å²) in [7, 11) is 0. The number of nitrogens with two attached hydrogens (primary N) is 1. The van der Waals surface area contributed by atoms with Crippen molar-refractivity contribution in [2.75, 3.05) is 13.1 Å². The normalized spacial score (nSPS) is 42.0. The highest BCUT2D eigenvalue weighted by Gasteiger charge is 2.54. The molecule has 0 spiro atoms. The van der Waals surface area contributed by atoms with Gasteiger partial charge >= 0.3 is 0 Å². The summed E-state index contributed by atoms with van der Waals surface area (Å²) in [5.74, 6) is 2.03. The summed E-state index contributed by atoms with van der Waals surface area (Å²) in [6, 6.07) is 0.899. The van der Waals surface area contributed by atoms with E-state index >= 15 is 0 Å². The Morgan fingerprint density at radius 3 is 2.38 bits per heavy atom. The minimum atomic E-state index is -0.251. The molecule has 228 valence electrons. The molecule has 0 aromatic rings. The summed E-state index contributed by atoms with van der Waals surface area (Å²) < 4.78 is 0. The van der Waals surface area contributed by atoms with E-state index in [1.54, 1.807) is 0 Å². The lowest BCUT2D eigenvalue weighted by Crippen LogP contribution is -2.63. The summed E-state index contributed by atoms with van der Waals surface area (Å²) >= 11 is 6.38. The van der Waals surface area contributed by atoms with Gasteiger partial charge in [0.2, 0.25) is 5.91 Å². The molecule has 11 atom stereocenters. The van der Waals surface area contributed by atoms with Crippen molar-refractivity contribution in [2.24, 2.45) is 35.3 Å². The van der Waals surface area contributed by atoms with E-state index in [2.05, 4.69) is 41.1 Å². The fourth-order valence-corrected chi connectivity index (χ4v) is 8.33. The van der Waals surface area contributed by atoms with Gasteiger partial charge < -0.3 is 21.1 Å². The summed E-state index contributed by atoms with van der Waals surface area (Å²) in [6.45, 7) is 12.5. The Morgan fingerprint density at radius 1 is 1.12 bits per heavy atom. The molecule has 3 heterocycles. The largest absolute Gasteiger partial charge is 0.391 e. The van der Waals surface area contributed by atoms with Gasteiger partial charge in [-0.2, -0.15) is 0 Å². The molecule has 5 fully saturated rings. The number of hydrogen-bond acceptors (Lipinski definition) is 7. The number of halogens is 1. The molecule has 2 saturated carbocycles. The van der Waals surface area contributed by atoms with Gasteiger partial charge in [0, 0.05) is 49.1 Å². The van der Waals surface area contributed by atoms with E-state index in [-0.39, 0.29) is 53.3 Å². The van der Waals surface area contributed by atoms with E-state index in [4.69, 9.17) is 17.3 Å². The summed E-state index contributed by atoms with van der Waals surface area (Å²) in [5.41, 5.74) is 10.3. The van der Waals surface area contributed by atoms with Crippen molar-refractivity contribution < 1.29 is 14.7 Å². The smallest absolute Gasteiger partial charge is 0.228 e. The van der Waals surface area contributed by atoms with Gasteiger partial charge in [-0.1, -0.05) is 33.8 Å². The maximum Gasteiger partial charge on any atom is 0.228 e. The molecule has 0 radical (unpaired) electrons. The van der Waals surface area contributed by atoms with E-state index in [1.165, 1.54) is 32.3 Å². The van der Waals surface area contributed by atoms with Gasteiger partial charge in [0.05, 0.1) is 23.6 Å². The van der Waals surface area contributed by atoms with Crippen molar-refractivity contribution in [3.05, 3.63) is 12.7 Å². The van der Waals surface area contributed by atoms with Gasteiger partial charge in [0.1, 0.15) is 0 Å². The minimum absolute atomic E-state index is 0.0185. The van der Waals surface area contributed by atoms with Crippen LogP contribution in [-0.4, -0.2) is 81.6 Å². The van der Waals surface area contributed by atoms with Crippen molar-refractivity contribution in [3.63, 3.8) is 0 Å². The Balaban J connectivity index is 0.000000681. The summed E-state index contributed by atoms with van der Waals surface area (Å²) in [6.07, 6.45) is 11.1. The number of aliphatic hydroxyl groups is 1. The Morgan fingerprint density at radius 2 is 1.80 bits per heavy atom. The highest BCUT2D eigenvalue weighted by atomic mass is 35.5. The van der Waals surface area contributed by atoms with Gasteiger partial charge in [0.15, 0.2) is 5.78 Å². The number of hydrazine groups is 1. The van der Waals surface area contributed by atoms with Crippen LogP contribution in [0.3, 0.4) is 0 Å². The molecule has 0 aromatic heterocycles. The van der Waals surface area contributed by atoms with Crippen molar-refractivity contribution in [1.82, 2.24) is 20.7 Å². The first kappa shape index (κ1) is 31.9. The van der Waals surface area contributed by atoms with Crippen molar-refractivity contribution in [1.29, 1.82) is 0 Å². The second kappa shape index (κ2) is 14.0. The number of amides is 1. The molecule has 1 amide bonds. The average Bonchev–Trinajstić information content (AvgIpc) is 3.74. The lowest BCUT2D eigenvalue weighted by atomic mass is 9.76. The number of alkyl halides is 1. The summed E-state index contributed by atoms with van der Waals surface area (Å²) in [4.78, 5) is 25.7. The van der Waals surface area contributed by atoms with E-state index < -0.39 is 0 Å². The van der Waals surface area contributed by atoms with Crippen LogP contribution in [0.1, 0.15) is 85.5 Å². The first-order chi connectivity index (χ1) is 19.1. The van der Waals surface area contributed by atoms with E-state index in [0.29, 0.717) is 24.5 Å². The number of nitrogens with zero attached hydrogens (tertiary/aromatic N) is 2. The average molecular weight is 580 g/mol. The molecule has 0 aromatic carbocycles. The number of hydrogen-bond donors (Lipinski definition) is 4. The van der Waals surface area contributed by atoms with E-state index in [1.807, 2.05) is 6.92 Å². The zero-order valence-corrected chi connectivity index (χ0v) is 25.9. The maximum absolute atomic E-state index is 13.9. The fourth-order valence-electron chi connectivity index (χ4n) is 8.07. The number of likely N-dealkylation sites (tertiary alicyclic amines) is 1. The second-order valence-electron chi connectivity index (χ2n) is 13.1. The van der Waals surface area contributed by atoms with E-state index in [0.717, 1.165) is 56.9 Å². The lowest BCUT2D eigenvalue weighted by Gasteiger charge is -2.49. The Kier molecular flexibility index (Phi) is 11.1. The van der Waals surface area contributed by atoms with Gasteiger partial charge in [-0.05, 0) is 76.2 Å². The summed E-state index contributed by atoms with van der Waals surface area (Å²) in [5, 5.41) is 17.0. The van der Waals surface area contributed by atoms with Crippen LogP contribution in [0, 0.1) is 29.6 Å². The third-order valence-corrected chi connectivity index (χ3v) is 11.1. The topological polar surface area (TPSA) is 111 Å². The molecule has 0 bridgehead atoms. The molecule has 3 aliphatic heterocycles. The third kappa shape index (κ3) is 6.78. The molecule has 8 nitrogen and oxygen atoms in total.